The highest BCUT2D eigenvalue weighted by Crippen LogP contribution is 2.29. The Balaban J connectivity index is 1.50. The molecule has 0 bridgehead atoms. The molecule has 0 aliphatic carbocycles. The number of nitrogens with zero attached hydrogens (tertiary/aromatic N) is 4. The number of hydrogen-bond donors (Lipinski definition) is 2. The van der Waals surface area contributed by atoms with Gasteiger partial charge in [-0.05, 0) is 30.0 Å². The molecule has 128 valence electrons. The van der Waals surface area contributed by atoms with Crippen molar-refractivity contribution in [3.8, 4) is 0 Å². The van der Waals surface area contributed by atoms with Crippen molar-refractivity contribution in [1.29, 1.82) is 0 Å². The molecule has 0 fully saturated rings. The van der Waals surface area contributed by atoms with Gasteiger partial charge in [0, 0.05) is 24.6 Å². The van der Waals surface area contributed by atoms with Gasteiger partial charge >= 0.3 is 6.03 Å². The molecule has 1 aliphatic rings. The minimum atomic E-state index is -0.312. The smallest absolute Gasteiger partial charge is 0.322 e. The summed E-state index contributed by atoms with van der Waals surface area (Å²) in [5, 5.41) is 10.7. The average Bonchev–Trinajstić information content (AvgIpc) is 3.24. The van der Waals surface area contributed by atoms with Crippen LogP contribution in [0, 0.1) is 0 Å². The minimum Gasteiger partial charge on any atom is -0.330 e. The van der Waals surface area contributed by atoms with Gasteiger partial charge in [0.2, 0.25) is 5.65 Å². The Morgan fingerprint density at radius 3 is 3.08 bits per heavy atom. The van der Waals surface area contributed by atoms with Gasteiger partial charge in [-0.1, -0.05) is 19.1 Å². The van der Waals surface area contributed by atoms with Crippen molar-refractivity contribution in [2.24, 2.45) is 0 Å². The molecule has 2 N–H and O–H groups in total. The molecule has 2 amide bonds. The second kappa shape index (κ2) is 6.04. The zero-order valence-electron chi connectivity index (χ0n) is 13.8. The lowest BCUT2D eigenvalue weighted by Crippen LogP contribution is -2.38. The number of hydrogen-bond acceptors (Lipinski definition) is 4. The lowest BCUT2D eigenvalue weighted by atomic mass is 10.1. The van der Waals surface area contributed by atoms with Gasteiger partial charge < -0.3 is 10.3 Å². The summed E-state index contributed by atoms with van der Waals surface area (Å²) in [5.41, 5.74) is 3.34. The van der Waals surface area contributed by atoms with Crippen LogP contribution in [0.3, 0.4) is 0 Å². The molecule has 1 aromatic carbocycles. The zero-order valence-corrected chi connectivity index (χ0v) is 13.8. The molecule has 2 aromatic heterocycles. The Labute approximate surface area is 143 Å². The fourth-order valence-corrected chi connectivity index (χ4v) is 3.14. The number of amides is 2. The lowest BCUT2D eigenvalue weighted by Gasteiger charge is -2.18. The Kier molecular flexibility index (Phi) is 3.72. The first-order valence-electron chi connectivity index (χ1n) is 8.26. The summed E-state index contributed by atoms with van der Waals surface area (Å²) in [4.78, 5) is 28.5. The monoisotopic (exact) mass is 338 g/mol. The van der Waals surface area contributed by atoms with Crippen LogP contribution in [-0.4, -0.2) is 32.2 Å². The van der Waals surface area contributed by atoms with Crippen LogP contribution in [0.25, 0.3) is 5.65 Å². The minimum absolute atomic E-state index is 0.176. The van der Waals surface area contributed by atoms with Crippen molar-refractivity contribution in [3.63, 3.8) is 0 Å². The number of aryl methyl sites for hydroxylation is 1. The largest absolute Gasteiger partial charge is 0.330 e. The van der Waals surface area contributed by atoms with E-state index >= 15 is 0 Å². The number of aromatic amines is 1. The molecule has 0 atom stereocenters. The molecule has 0 radical (unpaired) electrons. The van der Waals surface area contributed by atoms with Gasteiger partial charge in [0.15, 0.2) is 5.82 Å². The molecule has 3 aromatic rings. The molecule has 8 nitrogen and oxygen atoms in total. The first-order chi connectivity index (χ1) is 12.2. The van der Waals surface area contributed by atoms with E-state index in [0.717, 1.165) is 18.5 Å². The fraction of sp³-hybridized carbons (Fsp3) is 0.294. The van der Waals surface area contributed by atoms with Crippen LogP contribution in [0.4, 0.5) is 10.5 Å². The SMILES string of the molecule is CCc1ccc2c(c1)CCN2C(=O)NCc1nnc2c(=O)[nH]ccn12. The Hall–Kier alpha value is -3.16. The van der Waals surface area contributed by atoms with E-state index < -0.39 is 0 Å². The Morgan fingerprint density at radius 2 is 2.24 bits per heavy atom. The number of rotatable bonds is 3. The van der Waals surface area contributed by atoms with Crippen LogP contribution in [-0.2, 0) is 19.4 Å². The Bertz CT molecular complexity index is 1010. The van der Waals surface area contributed by atoms with Crippen molar-refractivity contribution in [2.45, 2.75) is 26.3 Å². The van der Waals surface area contributed by atoms with Crippen molar-refractivity contribution in [1.82, 2.24) is 24.9 Å². The first-order valence-corrected chi connectivity index (χ1v) is 8.26. The van der Waals surface area contributed by atoms with E-state index in [1.54, 1.807) is 15.5 Å². The topological polar surface area (TPSA) is 95.4 Å². The predicted octanol–water partition coefficient (Wildman–Crippen LogP) is 1.25. The maximum atomic E-state index is 12.6. The van der Waals surface area contributed by atoms with Crippen LogP contribution < -0.4 is 15.8 Å². The maximum absolute atomic E-state index is 12.6. The van der Waals surface area contributed by atoms with E-state index in [1.807, 2.05) is 6.07 Å². The van der Waals surface area contributed by atoms with Crippen molar-refractivity contribution >= 4 is 17.4 Å². The van der Waals surface area contributed by atoms with E-state index in [9.17, 15) is 9.59 Å². The average molecular weight is 338 g/mol. The number of fused-ring (bicyclic) bond motifs is 2. The van der Waals surface area contributed by atoms with Gasteiger partial charge in [-0.2, -0.15) is 0 Å². The first kappa shape index (κ1) is 15.4. The molecule has 1 aliphatic heterocycles. The number of carbonyl (C=O) groups is 1. The quantitative estimate of drug-likeness (QED) is 0.751. The summed E-state index contributed by atoms with van der Waals surface area (Å²) in [5.74, 6) is 0.509. The molecular formula is C17H18N6O2. The van der Waals surface area contributed by atoms with Gasteiger partial charge in [-0.25, -0.2) is 4.79 Å². The fourth-order valence-electron chi connectivity index (χ4n) is 3.14. The lowest BCUT2D eigenvalue weighted by molar-refractivity contribution is 0.246. The summed E-state index contributed by atoms with van der Waals surface area (Å²) in [6.07, 6.45) is 5.03. The summed E-state index contributed by atoms with van der Waals surface area (Å²) in [6.45, 7) is 2.98. The van der Waals surface area contributed by atoms with Crippen LogP contribution in [0.1, 0.15) is 23.9 Å². The Morgan fingerprint density at radius 1 is 1.36 bits per heavy atom. The van der Waals surface area contributed by atoms with Crippen molar-refractivity contribution in [3.05, 3.63) is 57.9 Å². The molecule has 25 heavy (non-hydrogen) atoms. The summed E-state index contributed by atoms with van der Waals surface area (Å²) < 4.78 is 1.57. The third-order valence-corrected chi connectivity index (χ3v) is 4.50. The van der Waals surface area contributed by atoms with Crippen molar-refractivity contribution in [2.75, 3.05) is 11.4 Å². The third-order valence-electron chi connectivity index (χ3n) is 4.50. The predicted molar refractivity (Wildman–Crippen MR) is 92.7 cm³/mol. The standard InChI is InChI=1S/C17H18N6O2/c1-2-11-3-4-13-12(9-11)5-7-22(13)17(25)19-10-14-20-21-15-16(24)18-6-8-23(14)15/h3-4,6,8-9H,2,5,7,10H2,1H3,(H,18,24)(H,19,25). The van der Waals surface area contributed by atoms with Gasteiger partial charge in [0.05, 0.1) is 6.54 Å². The summed E-state index contributed by atoms with van der Waals surface area (Å²) in [7, 11) is 0. The van der Waals surface area contributed by atoms with Crippen LogP contribution in [0.2, 0.25) is 0 Å². The van der Waals surface area contributed by atoms with Gasteiger partial charge in [0.1, 0.15) is 0 Å². The molecule has 0 unspecified atom stereocenters. The van der Waals surface area contributed by atoms with Crippen LogP contribution in [0.5, 0.6) is 0 Å². The molecular weight excluding hydrogens is 320 g/mol. The molecule has 4 rings (SSSR count). The number of anilines is 1. The molecule has 8 heteroatoms. The van der Waals surface area contributed by atoms with E-state index in [1.165, 1.54) is 17.3 Å². The maximum Gasteiger partial charge on any atom is 0.322 e. The van der Waals surface area contributed by atoms with Crippen LogP contribution in [0.15, 0.2) is 35.4 Å². The number of H-pyrrole nitrogens is 1. The number of nitrogens with one attached hydrogen (secondary N) is 2. The molecule has 3 heterocycles. The third kappa shape index (κ3) is 2.65. The number of benzene rings is 1. The van der Waals surface area contributed by atoms with Gasteiger partial charge in [0.25, 0.3) is 5.56 Å². The van der Waals surface area contributed by atoms with E-state index in [0.29, 0.717) is 12.4 Å². The highest BCUT2D eigenvalue weighted by atomic mass is 16.2. The highest BCUT2D eigenvalue weighted by Gasteiger charge is 2.24. The normalized spacial score (nSPS) is 13.2. The second-order valence-electron chi connectivity index (χ2n) is 5.98. The molecule has 0 saturated heterocycles. The van der Waals surface area contributed by atoms with Gasteiger partial charge in [-0.3, -0.25) is 14.1 Å². The zero-order chi connectivity index (χ0) is 17.4. The number of aromatic nitrogens is 4. The highest BCUT2D eigenvalue weighted by molar-refractivity contribution is 5.94. The van der Waals surface area contributed by atoms with E-state index in [-0.39, 0.29) is 23.8 Å². The number of carbonyl (C=O) groups excluding carboxylic acids is 1. The van der Waals surface area contributed by atoms with Crippen LogP contribution >= 0.6 is 0 Å². The van der Waals surface area contributed by atoms with Gasteiger partial charge in [-0.15, -0.1) is 10.2 Å². The van der Waals surface area contributed by atoms with E-state index in [4.69, 9.17) is 0 Å². The second-order valence-corrected chi connectivity index (χ2v) is 5.98. The summed E-state index contributed by atoms with van der Waals surface area (Å²) >= 11 is 0. The molecule has 0 saturated carbocycles. The van der Waals surface area contributed by atoms with Crippen molar-refractivity contribution < 1.29 is 4.79 Å². The van der Waals surface area contributed by atoms with E-state index in [2.05, 4.69) is 39.6 Å². The molecule has 0 spiro atoms. The summed E-state index contributed by atoms with van der Waals surface area (Å²) in [6, 6.07) is 6.06. The number of urea groups is 1.